The van der Waals surface area contributed by atoms with Crippen LogP contribution >= 0.6 is 0 Å². The Hall–Kier alpha value is -1.03. The van der Waals surface area contributed by atoms with Crippen LogP contribution < -0.4 is 5.32 Å². The Kier molecular flexibility index (Phi) is 8.35. The molecule has 1 aliphatic rings. The van der Waals surface area contributed by atoms with Crippen LogP contribution in [0.3, 0.4) is 0 Å². The van der Waals surface area contributed by atoms with Gasteiger partial charge in [0.15, 0.2) is 5.96 Å². The van der Waals surface area contributed by atoms with Crippen molar-refractivity contribution in [3.05, 3.63) is 12.7 Å². The molecule has 0 aromatic heterocycles. The van der Waals surface area contributed by atoms with Crippen LogP contribution in [0.2, 0.25) is 0 Å². The first kappa shape index (κ1) is 17.0. The minimum Gasteiger partial charge on any atom is -0.355 e. The average Bonchev–Trinajstić information content (AvgIpc) is 2.45. The summed E-state index contributed by atoms with van der Waals surface area (Å²) in [5.74, 6) is 0.999. The largest absolute Gasteiger partial charge is 0.355 e. The second-order valence-corrected chi connectivity index (χ2v) is 5.71. The molecule has 20 heavy (non-hydrogen) atoms. The number of unbranched alkanes of at least 4 members (excludes halogenated alkanes) is 1. The number of rotatable bonds is 7. The molecule has 0 bridgehead atoms. The Morgan fingerprint density at radius 1 is 1.50 bits per heavy atom. The van der Waals surface area contributed by atoms with E-state index in [1.54, 1.807) is 0 Å². The van der Waals surface area contributed by atoms with E-state index in [0.717, 1.165) is 44.5 Å². The number of guanidine groups is 1. The highest BCUT2D eigenvalue weighted by Crippen LogP contribution is 2.15. The highest BCUT2D eigenvalue weighted by atomic mass is 15.3. The molecule has 1 rings (SSSR count). The van der Waals surface area contributed by atoms with E-state index in [4.69, 9.17) is 0 Å². The first-order valence-electron chi connectivity index (χ1n) is 7.95. The molecule has 116 valence electrons. The smallest absolute Gasteiger partial charge is 0.193 e. The van der Waals surface area contributed by atoms with Gasteiger partial charge in [0.05, 0.1) is 0 Å². The monoisotopic (exact) mass is 280 g/mol. The van der Waals surface area contributed by atoms with Crippen LogP contribution in [0, 0.1) is 0 Å². The Bertz CT molecular complexity index is 301. The van der Waals surface area contributed by atoms with E-state index in [2.05, 4.69) is 40.7 Å². The normalized spacial score (nSPS) is 20.8. The topological polar surface area (TPSA) is 30.9 Å². The molecule has 0 saturated carbocycles. The van der Waals surface area contributed by atoms with Crippen molar-refractivity contribution < 1.29 is 0 Å². The molecular formula is C16H32N4. The van der Waals surface area contributed by atoms with Gasteiger partial charge in [-0.15, -0.1) is 6.58 Å². The summed E-state index contributed by atoms with van der Waals surface area (Å²) >= 11 is 0. The summed E-state index contributed by atoms with van der Waals surface area (Å²) in [7, 11) is 3.96. The van der Waals surface area contributed by atoms with Crippen LogP contribution in [0.4, 0.5) is 0 Å². The predicted molar refractivity (Wildman–Crippen MR) is 88.3 cm³/mol. The van der Waals surface area contributed by atoms with Crippen LogP contribution in [0.25, 0.3) is 0 Å². The van der Waals surface area contributed by atoms with Crippen LogP contribution in [-0.2, 0) is 0 Å². The second-order valence-electron chi connectivity index (χ2n) is 5.71. The van der Waals surface area contributed by atoms with Gasteiger partial charge in [-0.05, 0) is 39.2 Å². The number of aliphatic imine (C=N–C) groups is 1. The molecule has 0 spiro atoms. The van der Waals surface area contributed by atoms with Crippen LogP contribution in [-0.4, -0.2) is 62.1 Å². The molecule has 1 fully saturated rings. The lowest BCUT2D eigenvalue weighted by Gasteiger charge is -2.33. The van der Waals surface area contributed by atoms with E-state index in [-0.39, 0.29) is 0 Å². The maximum absolute atomic E-state index is 4.36. The van der Waals surface area contributed by atoms with Gasteiger partial charge < -0.3 is 10.2 Å². The van der Waals surface area contributed by atoms with E-state index >= 15 is 0 Å². The molecule has 1 atom stereocenters. The van der Waals surface area contributed by atoms with Gasteiger partial charge in [-0.1, -0.05) is 12.5 Å². The standard InChI is InChI=1S/C16H32N4/c1-5-6-8-12-19(4)16(17-3)18-11-14-20-13-9-7-10-15(20)2/h5,15H,1,6-14H2,2-4H3,(H,17,18). The molecule has 4 nitrogen and oxygen atoms in total. The van der Waals surface area contributed by atoms with Gasteiger partial charge in [0, 0.05) is 39.8 Å². The molecule has 1 unspecified atom stereocenters. The summed E-state index contributed by atoms with van der Waals surface area (Å²) in [6.07, 6.45) is 8.24. The minimum atomic E-state index is 0.734. The fourth-order valence-corrected chi connectivity index (χ4v) is 2.76. The van der Waals surface area contributed by atoms with Gasteiger partial charge in [-0.2, -0.15) is 0 Å². The number of likely N-dealkylation sites (tertiary alicyclic amines) is 1. The lowest BCUT2D eigenvalue weighted by atomic mass is 10.0. The molecule has 1 saturated heterocycles. The molecule has 1 aliphatic heterocycles. The first-order valence-corrected chi connectivity index (χ1v) is 7.95. The Morgan fingerprint density at radius 2 is 2.30 bits per heavy atom. The van der Waals surface area contributed by atoms with E-state index in [9.17, 15) is 0 Å². The first-order chi connectivity index (χ1) is 9.69. The Morgan fingerprint density at radius 3 is 2.95 bits per heavy atom. The molecule has 0 radical (unpaired) electrons. The maximum Gasteiger partial charge on any atom is 0.193 e. The third-order valence-electron chi connectivity index (χ3n) is 4.10. The third kappa shape index (κ3) is 5.95. The number of piperidine rings is 1. The van der Waals surface area contributed by atoms with Crippen molar-refractivity contribution in [1.29, 1.82) is 0 Å². The van der Waals surface area contributed by atoms with E-state index in [0.29, 0.717) is 0 Å². The molecule has 4 heteroatoms. The fraction of sp³-hybridized carbons (Fsp3) is 0.812. The highest BCUT2D eigenvalue weighted by Gasteiger charge is 2.17. The molecule has 0 aromatic carbocycles. The Balaban J connectivity index is 2.25. The van der Waals surface area contributed by atoms with Gasteiger partial charge in [0.1, 0.15) is 0 Å². The number of hydrogen-bond acceptors (Lipinski definition) is 2. The van der Waals surface area contributed by atoms with Crippen molar-refractivity contribution in [1.82, 2.24) is 15.1 Å². The van der Waals surface area contributed by atoms with E-state index in [1.807, 2.05) is 13.1 Å². The lowest BCUT2D eigenvalue weighted by Crippen LogP contribution is -2.45. The summed E-state index contributed by atoms with van der Waals surface area (Å²) in [6, 6.07) is 0.734. The summed E-state index contributed by atoms with van der Waals surface area (Å²) in [4.78, 5) is 9.14. The SMILES string of the molecule is C=CCCCN(C)C(=NC)NCCN1CCCCC1C. The zero-order chi connectivity index (χ0) is 14.8. The van der Waals surface area contributed by atoms with E-state index < -0.39 is 0 Å². The van der Waals surface area contributed by atoms with Gasteiger partial charge in [-0.25, -0.2) is 0 Å². The zero-order valence-electron chi connectivity index (χ0n) is 13.6. The van der Waals surface area contributed by atoms with Crippen molar-refractivity contribution in [2.24, 2.45) is 4.99 Å². The molecule has 1 N–H and O–H groups in total. The fourth-order valence-electron chi connectivity index (χ4n) is 2.76. The van der Waals surface area contributed by atoms with E-state index in [1.165, 1.54) is 25.8 Å². The zero-order valence-corrected chi connectivity index (χ0v) is 13.6. The highest BCUT2D eigenvalue weighted by molar-refractivity contribution is 5.79. The van der Waals surface area contributed by atoms with Crippen molar-refractivity contribution in [2.45, 2.75) is 45.1 Å². The van der Waals surface area contributed by atoms with Crippen LogP contribution in [0.15, 0.2) is 17.6 Å². The van der Waals surface area contributed by atoms with Gasteiger partial charge in [0.2, 0.25) is 0 Å². The Labute approximate surface area is 124 Å². The summed E-state index contributed by atoms with van der Waals surface area (Å²) in [5, 5.41) is 3.47. The summed E-state index contributed by atoms with van der Waals surface area (Å²) in [6.45, 7) is 10.5. The third-order valence-corrected chi connectivity index (χ3v) is 4.10. The molecule has 0 amide bonds. The summed E-state index contributed by atoms with van der Waals surface area (Å²) in [5.41, 5.74) is 0. The van der Waals surface area contributed by atoms with Gasteiger partial charge >= 0.3 is 0 Å². The van der Waals surface area contributed by atoms with Crippen molar-refractivity contribution in [3.8, 4) is 0 Å². The number of allylic oxidation sites excluding steroid dienone is 1. The van der Waals surface area contributed by atoms with Crippen LogP contribution in [0.1, 0.15) is 39.0 Å². The second kappa shape index (κ2) is 9.81. The lowest BCUT2D eigenvalue weighted by molar-refractivity contribution is 0.163. The average molecular weight is 280 g/mol. The number of nitrogens with zero attached hydrogens (tertiary/aromatic N) is 3. The minimum absolute atomic E-state index is 0.734. The molecule has 0 aliphatic carbocycles. The van der Waals surface area contributed by atoms with Gasteiger partial charge in [-0.3, -0.25) is 9.89 Å². The summed E-state index contributed by atoms with van der Waals surface area (Å²) < 4.78 is 0. The number of hydrogen-bond donors (Lipinski definition) is 1. The van der Waals surface area contributed by atoms with Gasteiger partial charge in [0.25, 0.3) is 0 Å². The maximum atomic E-state index is 4.36. The van der Waals surface area contributed by atoms with Crippen LogP contribution in [0.5, 0.6) is 0 Å². The molecule has 1 heterocycles. The van der Waals surface area contributed by atoms with Crippen molar-refractivity contribution in [3.63, 3.8) is 0 Å². The number of nitrogens with one attached hydrogen (secondary N) is 1. The quantitative estimate of drug-likeness (QED) is 0.336. The molecule has 0 aromatic rings. The molecular weight excluding hydrogens is 248 g/mol. The predicted octanol–water partition coefficient (Wildman–Crippen LogP) is 2.33. The van der Waals surface area contributed by atoms with Crippen molar-refractivity contribution >= 4 is 5.96 Å². The van der Waals surface area contributed by atoms with Crippen molar-refractivity contribution in [2.75, 3.05) is 40.3 Å².